The van der Waals surface area contributed by atoms with Crippen LogP contribution >= 0.6 is 0 Å². The van der Waals surface area contributed by atoms with Crippen LogP contribution < -0.4 is 5.73 Å². The van der Waals surface area contributed by atoms with Gasteiger partial charge in [0.2, 0.25) is 5.91 Å². The molecule has 1 fully saturated rings. The van der Waals surface area contributed by atoms with E-state index < -0.39 is 0 Å². The van der Waals surface area contributed by atoms with E-state index in [-0.39, 0.29) is 17.7 Å². The van der Waals surface area contributed by atoms with Crippen molar-refractivity contribution < 1.29 is 14.7 Å². The highest BCUT2D eigenvalue weighted by Crippen LogP contribution is 2.17. The lowest BCUT2D eigenvalue weighted by Crippen LogP contribution is -2.42. The summed E-state index contributed by atoms with van der Waals surface area (Å²) in [4.78, 5) is 13.7. The molecule has 1 rings (SSSR count). The van der Waals surface area contributed by atoms with Crippen molar-refractivity contribution in [2.75, 3.05) is 26.3 Å². The van der Waals surface area contributed by atoms with Gasteiger partial charge in [-0.05, 0) is 19.3 Å². The number of carbonyl (C=O) groups is 1. The van der Waals surface area contributed by atoms with Crippen LogP contribution in [0.1, 0.15) is 32.6 Å². The van der Waals surface area contributed by atoms with Crippen molar-refractivity contribution in [2.24, 2.45) is 16.8 Å². The van der Waals surface area contributed by atoms with Crippen LogP contribution in [0.2, 0.25) is 0 Å². The topological polar surface area (TPSA) is 88.2 Å². The molecule has 0 atom stereocenters. The third-order valence-electron chi connectivity index (χ3n) is 3.19. The zero-order valence-electron chi connectivity index (χ0n) is 11.0. The number of nitrogens with zero attached hydrogens (tertiary/aromatic N) is 2. The Morgan fingerprint density at radius 3 is 2.67 bits per heavy atom. The fourth-order valence-electron chi connectivity index (χ4n) is 2.07. The van der Waals surface area contributed by atoms with Crippen LogP contribution in [0.15, 0.2) is 5.16 Å². The van der Waals surface area contributed by atoms with Crippen molar-refractivity contribution in [1.29, 1.82) is 0 Å². The molecular formula is C12H23N3O3. The van der Waals surface area contributed by atoms with Crippen LogP contribution in [-0.2, 0) is 9.53 Å². The molecule has 0 aromatic heterocycles. The van der Waals surface area contributed by atoms with Gasteiger partial charge in [-0.2, -0.15) is 0 Å². The molecule has 0 spiro atoms. The molecule has 6 nitrogen and oxygen atoms in total. The Labute approximate surface area is 108 Å². The number of amides is 1. The van der Waals surface area contributed by atoms with Crippen molar-refractivity contribution in [2.45, 2.75) is 32.6 Å². The Bertz CT molecular complexity index is 286. The van der Waals surface area contributed by atoms with Gasteiger partial charge in [0.05, 0.1) is 13.0 Å². The number of rotatable bonds is 6. The summed E-state index contributed by atoms with van der Waals surface area (Å²) in [6.45, 7) is 4.59. The lowest BCUT2D eigenvalue weighted by Gasteiger charge is -2.31. The maximum absolute atomic E-state index is 11.8. The Morgan fingerprint density at radius 1 is 1.44 bits per heavy atom. The molecule has 0 aliphatic carbocycles. The average Bonchev–Trinajstić information content (AvgIpc) is 2.42. The van der Waals surface area contributed by atoms with E-state index in [1.165, 1.54) is 0 Å². The molecule has 0 unspecified atom stereocenters. The quantitative estimate of drug-likeness (QED) is 0.242. The van der Waals surface area contributed by atoms with Gasteiger partial charge >= 0.3 is 0 Å². The van der Waals surface area contributed by atoms with Gasteiger partial charge in [-0.15, -0.1) is 0 Å². The number of hydrogen-bond acceptors (Lipinski definition) is 4. The highest BCUT2D eigenvalue weighted by atomic mass is 16.5. The van der Waals surface area contributed by atoms with Crippen LogP contribution in [0, 0.1) is 5.92 Å². The zero-order valence-corrected chi connectivity index (χ0v) is 11.0. The molecule has 0 aromatic carbocycles. The number of nitrogens with two attached hydrogens (primary N) is 1. The first-order valence-electron chi connectivity index (χ1n) is 6.52. The number of oxime groups is 1. The third kappa shape index (κ3) is 4.52. The predicted octanol–water partition coefficient (Wildman–Crippen LogP) is 0.788. The SMILES string of the molecule is CCCOCCC(=O)N1CCC(C(N)=NO)CC1. The fourth-order valence-corrected chi connectivity index (χ4v) is 2.07. The van der Waals surface area contributed by atoms with Crippen molar-refractivity contribution in [1.82, 2.24) is 4.90 Å². The van der Waals surface area contributed by atoms with E-state index in [4.69, 9.17) is 15.7 Å². The van der Waals surface area contributed by atoms with Gasteiger partial charge in [-0.25, -0.2) is 0 Å². The summed E-state index contributed by atoms with van der Waals surface area (Å²) in [7, 11) is 0. The van der Waals surface area contributed by atoms with E-state index in [1.54, 1.807) is 0 Å². The molecule has 1 heterocycles. The lowest BCUT2D eigenvalue weighted by atomic mass is 9.96. The second kappa shape index (κ2) is 7.92. The van der Waals surface area contributed by atoms with Gasteiger partial charge in [0.15, 0.2) is 0 Å². The number of hydrogen-bond donors (Lipinski definition) is 2. The second-order valence-corrected chi connectivity index (χ2v) is 4.54. The fraction of sp³-hybridized carbons (Fsp3) is 0.833. The summed E-state index contributed by atoms with van der Waals surface area (Å²) in [6, 6.07) is 0. The average molecular weight is 257 g/mol. The van der Waals surface area contributed by atoms with Crippen LogP contribution in [0.4, 0.5) is 0 Å². The Balaban J connectivity index is 2.23. The highest BCUT2D eigenvalue weighted by Gasteiger charge is 2.24. The summed E-state index contributed by atoms with van der Waals surface area (Å²) >= 11 is 0. The largest absolute Gasteiger partial charge is 0.409 e. The van der Waals surface area contributed by atoms with Gasteiger partial charge < -0.3 is 20.6 Å². The lowest BCUT2D eigenvalue weighted by molar-refractivity contribution is -0.133. The minimum absolute atomic E-state index is 0.0930. The summed E-state index contributed by atoms with van der Waals surface area (Å²) in [6.07, 6.45) is 2.93. The molecule has 0 aromatic rings. The van der Waals surface area contributed by atoms with E-state index in [0.717, 1.165) is 19.3 Å². The van der Waals surface area contributed by atoms with E-state index >= 15 is 0 Å². The molecule has 1 amide bonds. The maximum atomic E-state index is 11.8. The van der Waals surface area contributed by atoms with Gasteiger partial charge in [0, 0.05) is 25.6 Å². The number of piperidine rings is 1. The standard InChI is InChI=1S/C12H23N3O3/c1-2-8-18-9-5-11(16)15-6-3-10(4-7-15)12(13)14-17/h10,17H,2-9H2,1H3,(H2,13,14). The molecule has 1 aliphatic rings. The smallest absolute Gasteiger partial charge is 0.224 e. The van der Waals surface area contributed by atoms with Crippen LogP contribution in [0.3, 0.4) is 0 Å². The van der Waals surface area contributed by atoms with E-state index in [1.807, 2.05) is 11.8 Å². The first-order chi connectivity index (χ1) is 8.69. The Hall–Kier alpha value is -1.30. The number of carbonyl (C=O) groups excluding carboxylic acids is 1. The van der Waals surface area contributed by atoms with Crippen molar-refractivity contribution in [3.63, 3.8) is 0 Å². The van der Waals surface area contributed by atoms with Gasteiger partial charge in [0.1, 0.15) is 5.84 Å². The Kier molecular flexibility index (Phi) is 6.49. The number of amidine groups is 1. The van der Waals surface area contributed by atoms with E-state index in [9.17, 15) is 4.79 Å². The van der Waals surface area contributed by atoms with Crippen LogP contribution in [-0.4, -0.2) is 48.2 Å². The van der Waals surface area contributed by atoms with E-state index in [2.05, 4.69) is 5.16 Å². The zero-order chi connectivity index (χ0) is 13.4. The van der Waals surface area contributed by atoms with E-state index in [0.29, 0.717) is 32.7 Å². The molecule has 0 saturated carbocycles. The molecule has 0 radical (unpaired) electrons. The van der Waals surface area contributed by atoms with Gasteiger partial charge in [-0.1, -0.05) is 12.1 Å². The summed E-state index contributed by atoms with van der Waals surface area (Å²) < 4.78 is 5.30. The van der Waals surface area contributed by atoms with Crippen molar-refractivity contribution in [3.8, 4) is 0 Å². The number of likely N-dealkylation sites (tertiary alicyclic amines) is 1. The molecule has 18 heavy (non-hydrogen) atoms. The van der Waals surface area contributed by atoms with Crippen LogP contribution in [0.25, 0.3) is 0 Å². The van der Waals surface area contributed by atoms with Crippen molar-refractivity contribution >= 4 is 11.7 Å². The highest BCUT2D eigenvalue weighted by molar-refractivity contribution is 5.83. The van der Waals surface area contributed by atoms with Gasteiger partial charge in [0.25, 0.3) is 0 Å². The molecule has 1 aliphatic heterocycles. The third-order valence-corrected chi connectivity index (χ3v) is 3.19. The predicted molar refractivity (Wildman–Crippen MR) is 68.4 cm³/mol. The molecule has 1 saturated heterocycles. The Morgan fingerprint density at radius 2 is 2.11 bits per heavy atom. The minimum atomic E-state index is 0.0930. The summed E-state index contributed by atoms with van der Waals surface area (Å²) in [5, 5.41) is 11.6. The molecule has 104 valence electrons. The first kappa shape index (κ1) is 14.8. The molecule has 3 N–H and O–H groups in total. The number of ether oxygens (including phenoxy) is 1. The normalized spacial score (nSPS) is 18.1. The monoisotopic (exact) mass is 257 g/mol. The molecule has 0 bridgehead atoms. The second-order valence-electron chi connectivity index (χ2n) is 4.54. The minimum Gasteiger partial charge on any atom is -0.409 e. The van der Waals surface area contributed by atoms with Gasteiger partial charge in [-0.3, -0.25) is 4.79 Å². The summed E-state index contributed by atoms with van der Waals surface area (Å²) in [5.74, 6) is 0.493. The first-order valence-corrected chi connectivity index (χ1v) is 6.52. The molecule has 6 heteroatoms. The summed E-state index contributed by atoms with van der Waals surface area (Å²) in [5.41, 5.74) is 5.56. The maximum Gasteiger partial charge on any atom is 0.224 e. The van der Waals surface area contributed by atoms with Crippen molar-refractivity contribution in [3.05, 3.63) is 0 Å². The van der Waals surface area contributed by atoms with Crippen LogP contribution in [0.5, 0.6) is 0 Å². The molecular weight excluding hydrogens is 234 g/mol.